The summed E-state index contributed by atoms with van der Waals surface area (Å²) >= 11 is 0. The summed E-state index contributed by atoms with van der Waals surface area (Å²) in [5.41, 5.74) is -0.734. The van der Waals surface area contributed by atoms with Gasteiger partial charge in [0.25, 0.3) is 0 Å². The van der Waals surface area contributed by atoms with Crippen molar-refractivity contribution in [2.24, 2.45) is 0 Å². The van der Waals surface area contributed by atoms with Crippen molar-refractivity contribution in [3.8, 4) is 5.75 Å². The maximum Gasteiger partial charge on any atom is 0.190 e. The highest BCUT2D eigenvalue weighted by molar-refractivity contribution is 5.36. The van der Waals surface area contributed by atoms with Crippen LogP contribution in [0.15, 0.2) is 12.1 Å². The van der Waals surface area contributed by atoms with Crippen LogP contribution in [0.4, 0.5) is 8.78 Å². The van der Waals surface area contributed by atoms with Gasteiger partial charge in [-0.1, -0.05) is 0 Å². The molecule has 1 aliphatic carbocycles. The molecule has 0 aromatic heterocycles. The van der Waals surface area contributed by atoms with E-state index in [9.17, 15) is 13.9 Å². The average Bonchev–Trinajstić information content (AvgIpc) is 2.84. The molecule has 0 bridgehead atoms. The van der Waals surface area contributed by atoms with Crippen molar-refractivity contribution >= 4 is 0 Å². The summed E-state index contributed by atoms with van der Waals surface area (Å²) in [5.74, 6) is -1.95. The summed E-state index contributed by atoms with van der Waals surface area (Å²) in [6.07, 6.45) is 1.11. The minimum Gasteiger partial charge on any atom is -0.491 e. The molecule has 4 heteroatoms. The lowest BCUT2D eigenvalue weighted by molar-refractivity contribution is 0.150. The Morgan fingerprint density at radius 1 is 1.29 bits per heavy atom. The Bertz CT molecular complexity index is 349. The van der Waals surface area contributed by atoms with Crippen LogP contribution in [0, 0.1) is 11.6 Å². The lowest BCUT2D eigenvalue weighted by atomic mass is 10.1. The summed E-state index contributed by atoms with van der Waals surface area (Å²) in [5, 5.41) is 9.64. The molecule has 14 heavy (non-hydrogen) atoms. The molecule has 0 heterocycles. The maximum atomic E-state index is 13.2. The number of halogens is 2. The lowest BCUT2D eigenvalue weighted by Gasteiger charge is -2.10. The first-order valence-corrected chi connectivity index (χ1v) is 4.33. The maximum absolute atomic E-state index is 13.2. The molecule has 0 saturated heterocycles. The molecule has 1 aromatic carbocycles. The summed E-state index contributed by atoms with van der Waals surface area (Å²) in [4.78, 5) is 0. The molecule has 2 nitrogen and oxygen atoms in total. The monoisotopic (exact) mass is 200 g/mol. The third kappa shape index (κ3) is 1.35. The van der Waals surface area contributed by atoms with Crippen molar-refractivity contribution in [1.29, 1.82) is 0 Å². The molecule has 1 saturated carbocycles. The first-order valence-electron chi connectivity index (χ1n) is 4.33. The molecule has 0 aliphatic heterocycles. The molecule has 0 unspecified atom stereocenters. The summed E-state index contributed by atoms with van der Waals surface area (Å²) in [6, 6.07) is 2.24. The van der Waals surface area contributed by atoms with Gasteiger partial charge in [-0.15, -0.1) is 0 Å². The van der Waals surface area contributed by atoms with Crippen LogP contribution in [0.1, 0.15) is 18.4 Å². The zero-order chi connectivity index (χ0) is 10.3. The molecule has 1 N–H and O–H groups in total. The molecule has 0 radical (unpaired) electrons. The van der Waals surface area contributed by atoms with Gasteiger partial charge in [0.2, 0.25) is 0 Å². The molecule has 0 spiro atoms. The molecule has 0 amide bonds. The molecule has 1 fully saturated rings. The summed E-state index contributed by atoms with van der Waals surface area (Å²) in [7, 11) is 1.20. The van der Waals surface area contributed by atoms with Crippen LogP contribution in [0.5, 0.6) is 5.75 Å². The van der Waals surface area contributed by atoms with E-state index in [0.717, 1.165) is 12.1 Å². The van der Waals surface area contributed by atoms with Crippen LogP contribution in [0.25, 0.3) is 0 Å². The lowest BCUT2D eigenvalue weighted by Crippen LogP contribution is -2.06. The Balaban J connectivity index is 2.47. The summed E-state index contributed by atoms with van der Waals surface area (Å²) < 4.78 is 30.9. The molecule has 1 aromatic rings. The van der Waals surface area contributed by atoms with Crippen LogP contribution in [0.2, 0.25) is 0 Å². The fourth-order valence-electron chi connectivity index (χ4n) is 1.43. The number of hydrogen-bond donors (Lipinski definition) is 1. The Morgan fingerprint density at radius 2 is 1.79 bits per heavy atom. The summed E-state index contributed by atoms with van der Waals surface area (Å²) in [6.45, 7) is 0. The van der Waals surface area contributed by atoms with E-state index in [0.29, 0.717) is 12.8 Å². The van der Waals surface area contributed by atoms with Crippen LogP contribution < -0.4 is 4.74 Å². The van der Waals surface area contributed by atoms with Crippen molar-refractivity contribution in [3.05, 3.63) is 29.3 Å². The first-order chi connectivity index (χ1) is 6.57. The van der Waals surface area contributed by atoms with E-state index in [2.05, 4.69) is 4.74 Å². The fraction of sp³-hybridized carbons (Fsp3) is 0.400. The van der Waals surface area contributed by atoms with Crippen molar-refractivity contribution in [1.82, 2.24) is 0 Å². The van der Waals surface area contributed by atoms with Gasteiger partial charge in [0.15, 0.2) is 17.4 Å². The van der Waals surface area contributed by atoms with Gasteiger partial charge in [-0.2, -0.15) is 0 Å². The van der Waals surface area contributed by atoms with Gasteiger partial charge in [0.1, 0.15) is 0 Å². The number of rotatable bonds is 2. The van der Waals surface area contributed by atoms with E-state index in [-0.39, 0.29) is 5.56 Å². The number of hydrogen-bond acceptors (Lipinski definition) is 2. The Labute approximate surface area is 80.1 Å². The van der Waals surface area contributed by atoms with Crippen molar-refractivity contribution < 1.29 is 18.6 Å². The highest BCUT2D eigenvalue weighted by atomic mass is 19.1. The molecule has 2 rings (SSSR count). The zero-order valence-corrected chi connectivity index (χ0v) is 7.68. The van der Waals surface area contributed by atoms with Crippen molar-refractivity contribution in [2.75, 3.05) is 7.11 Å². The van der Waals surface area contributed by atoms with Gasteiger partial charge in [-0.3, -0.25) is 0 Å². The Kier molecular flexibility index (Phi) is 1.96. The quantitative estimate of drug-likeness (QED) is 0.790. The second-order valence-corrected chi connectivity index (χ2v) is 3.50. The van der Waals surface area contributed by atoms with Gasteiger partial charge >= 0.3 is 0 Å². The number of aliphatic hydroxyl groups is 1. The smallest absolute Gasteiger partial charge is 0.190 e. The predicted octanol–water partition coefficient (Wildman–Crippen LogP) is 1.95. The second-order valence-electron chi connectivity index (χ2n) is 3.50. The number of ether oxygens (including phenoxy) is 1. The molecule has 1 aliphatic rings. The largest absolute Gasteiger partial charge is 0.491 e. The van der Waals surface area contributed by atoms with Gasteiger partial charge in [0.05, 0.1) is 12.7 Å². The van der Waals surface area contributed by atoms with Gasteiger partial charge in [0, 0.05) is 0 Å². The Morgan fingerprint density at radius 3 is 2.14 bits per heavy atom. The zero-order valence-electron chi connectivity index (χ0n) is 7.68. The number of benzene rings is 1. The topological polar surface area (TPSA) is 29.5 Å². The standard InChI is InChI=1S/C10H10F2O2/c1-14-9-7(11)4-6(5-8(9)12)10(13)2-3-10/h4-5,13H,2-3H2,1H3. The van der Waals surface area contributed by atoms with Gasteiger partial charge < -0.3 is 9.84 Å². The normalized spacial score (nSPS) is 18.0. The first kappa shape index (κ1) is 9.40. The number of methoxy groups -OCH3 is 1. The minimum atomic E-state index is -1.02. The fourth-order valence-corrected chi connectivity index (χ4v) is 1.43. The van der Waals surface area contributed by atoms with E-state index in [1.54, 1.807) is 0 Å². The van der Waals surface area contributed by atoms with Gasteiger partial charge in [-0.25, -0.2) is 8.78 Å². The highest BCUT2D eigenvalue weighted by Crippen LogP contribution is 2.46. The molecule has 0 atom stereocenters. The van der Waals surface area contributed by atoms with Crippen LogP contribution in [-0.2, 0) is 5.60 Å². The van der Waals surface area contributed by atoms with E-state index in [1.807, 2.05) is 0 Å². The van der Waals surface area contributed by atoms with E-state index in [4.69, 9.17) is 0 Å². The highest BCUT2D eigenvalue weighted by Gasteiger charge is 2.43. The molecule has 76 valence electrons. The second kappa shape index (κ2) is 2.92. The van der Waals surface area contributed by atoms with E-state index >= 15 is 0 Å². The van der Waals surface area contributed by atoms with Crippen LogP contribution in [-0.4, -0.2) is 12.2 Å². The molecular formula is C10H10F2O2. The SMILES string of the molecule is COc1c(F)cc(C2(O)CC2)cc1F. The van der Waals surface area contributed by atoms with Gasteiger partial charge in [-0.05, 0) is 30.5 Å². The van der Waals surface area contributed by atoms with Crippen molar-refractivity contribution in [3.63, 3.8) is 0 Å². The van der Waals surface area contributed by atoms with Crippen molar-refractivity contribution in [2.45, 2.75) is 18.4 Å². The average molecular weight is 200 g/mol. The van der Waals surface area contributed by atoms with E-state index in [1.165, 1.54) is 7.11 Å². The minimum absolute atomic E-state index is 0.285. The van der Waals surface area contributed by atoms with E-state index < -0.39 is 23.0 Å². The Hall–Kier alpha value is -1.16. The molecular weight excluding hydrogens is 190 g/mol. The van der Waals surface area contributed by atoms with Crippen LogP contribution in [0.3, 0.4) is 0 Å². The third-order valence-corrected chi connectivity index (χ3v) is 2.46. The van der Waals surface area contributed by atoms with Crippen LogP contribution >= 0.6 is 0 Å². The third-order valence-electron chi connectivity index (χ3n) is 2.46. The predicted molar refractivity (Wildman–Crippen MR) is 46.0 cm³/mol.